The van der Waals surface area contributed by atoms with Crippen molar-refractivity contribution < 1.29 is 0 Å². The van der Waals surface area contributed by atoms with Crippen LogP contribution in [0.1, 0.15) is 47.2 Å². The Morgan fingerprint density at radius 1 is 0.750 bits per heavy atom. The van der Waals surface area contributed by atoms with Crippen molar-refractivity contribution in [3.63, 3.8) is 0 Å². The van der Waals surface area contributed by atoms with Gasteiger partial charge in [0.25, 0.3) is 0 Å². The molecule has 0 spiro atoms. The Bertz CT molecular complexity index is 1840. The van der Waals surface area contributed by atoms with E-state index in [0.29, 0.717) is 0 Å². The number of aromatic amines is 2. The van der Waals surface area contributed by atoms with Gasteiger partial charge >= 0.3 is 0 Å². The zero-order valence-electron chi connectivity index (χ0n) is 25.9. The number of aromatic nitrogens is 2. The van der Waals surface area contributed by atoms with Crippen LogP contribution in [0.15, 0.2) is 121 Å². The molecular formula is C40H42N4. The molecule has 2 aliphatic rings. The van der Waals surface area contributed by atoms with Gasteiger partial charge in [0.05, 0.1) is 0 Å². The smallest absolute Gasteiger partial charge is 0.0492 e. The van der Waals surface area contributed by atoms with Gasteiger partial charge in [-0.15, -0.1) is 0 Å². The normalized spacial score (nSPS) is 18.3. The van der Waals surface area contributed by atoms with Gasteiger partial charge < -0.3 is 9.97 Å². The summed E-state index contributed by atoms with van der Waals surface area (Å²) in [6.45, 7) is 3.22. The molecule has 4 aromatic carbocycles. The van der Waals surface area contributed by atoms with Crippen molar-refractivity contribution in [2.75, 3.05) is 20.6 Å². The standard InChI is InChI=1S/C32H35N3.C8H7N/c1-34(2)32(27-12-4-3-5-13-27)19-16-24(17-20-32)31-29(28-14-8-9-15-30(28)33-31)18-21-35-22-25-10-6-7-11-26(25)23-35;1-2-4-8-7(3-1)5-6-9-8/h3-16,33H,17-23H2,1-2H3;1-6,9H. The predicted octanol–water partition coefficient (Wildman–Crippen LogP) is 8.92. The van der Waals surface area contributed by atoms with Crippen LogP contribution < -0.4 is 0 Å². The number of hydrogen-bond donors (Lipinski definition) is 2. The fraction of sp³-hybridized carbons (Fsp3) is 0.250. The topological polar surface area (TPSA) is 38.1 Å². The summed E-state index contributed by atoms with van der Waals surface area (Å²) in [5, 5.41) is 2.66. The van der Waals surface area contributed by atoms with E-state index in [1.165, 1.54) is 55.3 Å². The molecule has 3 heterocycles. The van der Waals surface area contributed by atoms with Crippen LogP contribution in [0.25, 0.3) is 27.4 Å². The summed E-state index contributed by atoms with van der Waals surface area (Å²) >= 11 is 0. The molecule has 4 nitrogen and oxygen atoms in total. The van der Waals surface area contributed by atoms with Crippen molar-refractivity contribution in [2.45, 2.75) is 44.3 Å². The zero-order valence-corrected chi connectivity index (χ0v) is 25.9. The first-order chi connectivity index (χ1) is 21.6. The number of nitrogens with one attached hydrogen (secondary N) is 2. The van der Waals surface area contributed by atoms with Crippen molar-refractivity contribution in [1.29, 1.82) is 0 Å². The Hall–Kier alpha value is -4.38. The van der Waals surface area contributed by atoms with Gasteiger partial charge in [-0.3, -0.25) is 9.80 Å². The molecule has 4 heteroatoms. The third kappa shape index (κ3) is 5.52. The second kappa shape index (κ2) is 12.3. The SMILES string of the molecule is CN(C)C1(c2ccccc2)CC=C(c2[nH]c3ccccc3c2CCN2Cc3ccccc3C2)CC1.c1ccc2[nH]ccc2c1. The molecule has 8 rings (SSSR count). The summed E-state index contributed by atoms with van der Waals surface area (Å²) in [4.78, 5) is 12.0. The summed E-state index contributed by atoms with van der Waals surface area (Å²) in [5.41, 5.74) is 11.3. The first kappa shape index (κ1) is 28.4. The average Bonchev–Trinajstić information content (AvgIpc) is 3.81. The van der Waals surface area contributed by atoms with E-state index >= 15 is 0 Å². The van der Waals surface area contributed by atoms with Crippen LogP contribution in [0.3, 0.4) is 0 Å². The maximum Gasteiger partial charge on any atom is 0.0492 e. The Labute approximate surface area is 261 Å². The van der Waals surface area contributed by atoms with E-state index < -0.39 is 0 Å². The van der Waals surface area contributed by atoms with Crippen molar-refractivity contribution in [1.82, 2.24) is 19.8 Å². The van der Waals surface area contributed by atoms with Gasteiger partial charge in [0.2, 0.25) is 0 Å². The second-order valence-electron chi connectivity index (χ2n) is 12.5. The van der Waals surface area contributed by atoms with Crippen molar-refractivity contribution >= 4 is 27.4 Å². The minimum absolute atomic E-state index is 0.0677. The van der Waals surface area contributed by atoms with E-state index in [4.69, 9.17) is 0 Å². The van der Waals surface area contributed by atoms with Crippen molar-refractivity contribution in [3.05, 3.63) is 149 Å². The third-order valence-corrected chi connectivity index (χ3v) is 9.84. The Balaban J connectivity index is 0.000000296. The molecule has 0 fully saturated rings. The fourth-order valence-electron chi connectivity index (χ4n) is 7.30. The van der Waals surface area contributed by atoms with Crippen LogP contribution in [0, 0.1) is 0 Å². The number of fused-ring (bicyclic) bond motifs is 3. The number of nitrogens with zero attached hydrogens (tertiary/aromatic N) is 2. The number of rotatable bonds is 6. The molecule has 0 saturated carbocycles. The highest BCUT2D eigenvalue weighted by Crippen LogP contribution is 2.44. The van der Waals surface area contributed by atoms with E-state index in [0.717, 1.165) is 45.3 Å². The number of allylic oxidation sites excluding steroid dienone is 1. The molecule has 2 aromatic heterocycles. The molecule has 0 saturated heterocycles. The lowest BCUT2D eigenvalue weighted by atomic mass is 9.75. The van der Waals surface area contributed by atoms with E-state index in [1.807, 2.05) is 18.3 Å². The highest BCUT2D eigenvalue weighted by Gasteiger charge is 2.36. The quantitative estimate of drug-likeness (QED) is 0.207. The largest absolute Gasteiger partial charge is 0.361 e. The number of benzene rings is 4. The molecule has 0 amide bonds. The number of hydrogen-bond acceptors (Lipinski definition) is 2. The molecule has 1 aliphatic carbocycles. The van der Waals surface area contributed by atoms with Crippen LogP contribution in [-0.4, -0.2) is 40.4 Å². The van der Waals surface area contributed by atoms with Crippen LogP contribution >= 0.6 is 0 Å². The molecule has 6 aromatic rings. The molecular weight excluding hydrogens is 536 g/mol. The molecule has 222 valence electrons. The molecule has 0 radical (unpaired) electrons. The van der Waals surface area contributed by atoms with Crippen LogP contribution in [0.4, 0.5) is 0 Å². The minimum atomic E-state index is 0.0677. The third-order valence-electron chi connectivity index (χ3n) is 9.84. The molecule has 44 heavy (non-hydrogen) atoms. The summed E-state index contributed by atoms with van der Waals surface area (Å²) in [6.07, 6.45) is 8.78. The van der Waals surface area contributed by atoms with Crippen LogP contribution in [0.2, 0.25) is 0 Å². The second-order valence-corrected chi connectivity index (χ2v) is 12.5. The predicted molar refractivity (Wildman–Crippen MR) is 184 cm³/mol. The first-order valence-corrected chi connectivity index (χ1v) is 15.9. The first-order valence-electron chi connectivity index (χ1n) is 15.9. The summed E-state index contributed by atoms with van der Waals surface area (Å²) in [6, 6.07) is 39.1. The number of para-hydroxylation sites is 2. The lowest BCUT2D eigenvalue weighted by molar-refractivity contribution is 0.138. The molecule has 0 bridgehead atoms. The summed E-state index contributed by atoms with van der Waals surface area (Å²) in [5.74, 6) is 0. The molecule has 2 N–H and O–H groups in total. The lowest BCUT2D eigenvalue weighted by Crippen LogP contribution is -2.42. The Kier molecular flexibility index (Phi) is 7.95. The average molecular weight is 579 g/mol. The van der Waals surface area contributed by atoms with Crippen LogP contribution in [0.5, 0.6) is 0 Å². The lowest BCUT2D eigenvalue weighted by Gasteiger charge is -2.43. The van der Waals surface area contributed by atoms with Gasteiger partial charge in [-0.05, 0) is 91.2 Å². The van der Waals surface area contributed by atoms with E-state index in [2.05, 4.69) is 137 Å². The minimum Gasteiger partial charge on any atom is -0.361 e. The van der Waals surface area contributed by atoms with Gasteiger partial charge in [-0.1, -0.05) is 97.1 Å². The monoisotopic (exact) mass is 578 g/mol. The van der Waals surface area contributed by atoms with Gasteiger partial charge in [0.15, 0.2) is 0 Å². The zero-order chi connectivity index (χ0) is 29.9. The molecule has 1 atom stereocenters. The Morgan fingerprint density at radius 3 is 2.14 bits per heavy atom. The van der Waals surface area contributed by atoms with Crippen molar-refractivity contribution in [3.8, 4) is 0 Å². The van der Waals surface area contributed by atoms with E-state index in [-0.39, 0.29) is 5.54 Å². The summed E-state index contributed by atoms with van der Waals surface area (Å²) < 4.78 is 0. The summed E-state index contributed by atoms with van der Waals surface area (Å²) in [7, 11) is 4.46. The molecule has 1 unspecified atom stereocenters. The van der Waals surface area contributed by atoms with Crippen molar-refractivity contribution in [2.24, 2.45) is 0 Å². The maximum atomic E-state index is 3.82. The number of H-pyrrole nitrogens is 2. The van der Waals surface area contributed by atoms with Gasteiger partial charge in [-0.25, -0.2) is 0 Å². The van der Waals surface area contributed by atoms with Gasteiger partial charge in [-0.2, -0.15) is 0 Å². The van der Waals surface area contributed by atoms with E-state index in [9.17, 15) is 0 Å². The van der Waals surface area contributed by atoms with E-state index in [1.54, 1.807) is 0 Å². The highest BCUT2D eigenvalue weighted by molar-refractivity contribution is 5.89. The highest BCUT2D eigenvalue weighted by atomic mass is 15.1. The van der Waals surface area contributed by atoms with Gasteiger partial charge in [0.1, 0.15) is 0 Å². The Morgan fingerprint density at radius 2 is 1.43 bits per heavy atom. The fourth-order valence-corrected chi connectivity index (χ4v) is 7.30. The maximum absolute atomic E-state index is 3.82. The van der Waals surface area contributed by atoms with Crippen LogP contribution in [-0.2, 0) is 25.0 Å². The molecule has 1 aliphatic heterocycles. The van der Waals surface area contributed by atoms with Gasteiger partial charge in [0, 0.05) is 53.5 Å².